The van der Waals surface area contributed by atoms with Gasteiger partial charge < -0.3 is 13.9 Å². The summed E-state index contributed by atoms with van der Waals surface area (Å²) in [5, 5.41) is 0. The molecule has 0 fully saturated rings. The third-order valence-electron chi connectivity index (χ3n) is 3.57. The first-order valence-corrected chi connectivity index (χ1v) is 8.87. The molecule has 28 heavy (non-hydrogen) atoms. The first-order chi connectivity index (χ1) is 13.2. The number of unbranched alkanes of at least 4 members (excludes halogenated alkanes) is 1. The normalized spacial score (nSPS) is 11.0. The largest absolute Gasteiger partial charge is 0.464 e. The number of rotatable bonds is 7. The molecule has 1 amide bonds. The molecule has 0 spiro atoms. The minimum atomic E-state index is -0.636. The van der Waals surface area contributed by atoms with Crippen LogP contribution in [-0.4, -0.2) is 41.3 Å². The first-order valence-electron chi connectivity index (χ1n) is 8.87. The molecule has 0 bridgehead atoms. The summed E-state index contributed by atoms with van der Waals surface area (Å²) in [7, 11) is 1.27. The van der Waals surface area contributed by atoms with Gasteiger partial charge in [-0.25, -0.2) is 19.6 Å². The van der Waals surface area contributed by atoms with E-state index in [9.17, 15) is 9.59 Å². The van der Waals surface area contributed by atoms with Gasteiger partial charge in [-0.15, -0.1) is 6.58 Å². The quantitative estimate of drug-likeness (QED) is 0.398. The summed E-state index contributed by atoms with van der Waals surface area (Å²) in [4.78, 5) is 34.1. The van der Waals surface area contributed by atoms with Crippen molar-refractivity contribution in [3.63, 3.8) is 0 Å². The van der Waals surface area contributed by atoms with Gasteiger partial charge in [0.25, 0.3) is 0 Å². The van der Waals surface area contributed by atoms with Crippen LogP contribution in [0.1, 0.15) is 44.1 Å². The van der Waals surface area contributed by atoms with Crippen LogP contribution in [0.5, 0.6) is 0 Å². The molecule has 0 saturated heterocycles. The van der Waals surface area contributed by atoms with Crippen molar-refractivity contribution in [2.45, 2.75) is 39.2 Å². The van der Waals surface area contributed by atoms with Crippen LogP contribution >= 0.6 is 0 Å². The molecule has 0 unspecified atom stereocenters. The minimum Gasteiger partial charge on any atom is -0.464 e. The summed E-state index contributed by atoms with van der Waals surface area (Å²) < 4.78 is 15.5. The predicted octanol–water partition coefficient (Wildman–Crippen LogP) is 4.23. The van der Waals surface area contributed by atoms with Crippen LogP contribution in [0.25, 0.3) is 11.5 Å². The van der Waals surface area contributed by atoms with E-state index >= 15 is 0 Å². The lowest BCUT2D eigenvalue weighted by molar-refractivity contribution is 0.0574. The third kappa shape index (κ3) is 5.67. The van der Waals surface area contributed by atoms with Crippen molar-refractivity contribution < 1.29 is 23.5 Å². The summed E-state index contributed by atoms with van der Waals surface area (Å²) in [6.45, 7) is 9.53. The van der Waals surface area contributed by atoms with E-state index in [4.69, 9.17) is 9.15 Å². The van der Waals surface area contributed by atoms with Crippen LogP contribution in [0.15, 0.2) is 41.7 Å². The van der Waals surface area contributed by atoms with Gasteiger partial charge >= 0.3 is 12.1 Å². The van der Waals surface area contributed by atoms with Gasteiger partial charge in [-0.1, -0.05) is 6.08 Å². The molecule has 2 aromatic heterocycles. The van der Waals surface area contributed by atoms with Gasteiger partial charge in [0.15, 0.2) is 5.69 Å². The maximum atomic E-state index is 12.7. The van der Waals surface area contributed by atoms with Gasteiger partial charge in [0.05, 0.1) is 7.11 Å². The van der Waals surface area contributed by atoms with Crippen LogP contribution in [0.3, 0.4) is 0 Å². The van der Waals surface area contributed by atoms with E-state index in [0.29, 0.717) is 24.3 Å². The van der Waals surface area contributed by atoms with Crippen LogP contribution in [0.4, 0.5) is 10.6 Å². The Bertz CT molecular complexity index is 838. The number of allylic oxidation sites excluding steroid dienone is 1. The SMILES string of the molecule is C=CCCCN(C(=O)OC(C)(C)C)c1cc(-c2nc(C(=O)OC)co2)ccn1. The average molecular weight is 387 g/mol. The van der Waals surface area contributed by atoms with E-state index in [2.05, 4.69) is 21.3 Å². The molecule has 0 aliphatic heterocycles. The van der Waals surface area contributed by atoms with Crippen molar-refractivity contribution >= 4 is 17.9 Å². The Kier molecular flexibility index (Phi) is 6.92. The number of oxazole rings is 1. The van der Waals surface area contributed by atoms with E-state index in [-0.39, 0.29) is 11.6 Å². The maximum absolute atomic E-state index is 12.7. The van der Waals surface area contributed by atoms with Crippen molar-refractivity contribution in [1.29, 1.82) is 0 Å². The molecule has 0 radical (unpaired) electrons. The Balaban J connectivity index is 2.31. The van der Waals surface area contributed by atoms with E-state index in [1.165, 1.54) is 24.5 Å². The Hall–Kier alpha value is -3.16. The monoisotopic (exact) mass is 387 g/mol. The third-order valence-corrected chi connectivity index (χ3v) is 3.57. The fourth-order valence-corrected chi connectivity index (χ4v) is 2.31. The second-order valence-corrected chi connectivity index (χ2v) is 7.00. The number of hydrogen-bond acceptors (Lipinski definition) is 7. The number of methoxy groups -OCH3 is 1. The van der Waals surface area contributed by atoms with Crippen molar-refractivity contribution in [3.8, 4) is 11.5 Å². The second kappa shape index (κ2) is 9.16. The summed E-state index contributed by atoms with van der Waals surface area (Å²) in [5.41, 5.74) is -0.00752. The zero-order valence-corrected chi connectivity index (χ0v) is 16.6. The van der Waals surface area contributed by atoms with Gasteiger partial charge in [0.2, 0.25) is 5.89 Å². The smallest absolute Gasteiger partial charge is 0.416 e. The summed E-state index contributed by atoms with van der Waals surface area (Å²) >= 11 is 0. The highest BCUT2D eigenvalue weighted by molar-refractivity contribution is 5.88. The van der Waals surface area contributed by atoms with E-state index < -0.39 is 17.7 Å². The Morgan fingerprint density at radius 1 is 1.36 bits per heavy atom. The molecule has 0 aliphatic rings. The van der Waals surface area contributed by atoms with Crippen LogP contribution < -0.4 is 4.90 Å². The lowest BCUT2D eigenvalue weighted by Gasteiger charge is -2.26. The maximum Gasteiger partial charge on any atom is 0.416 e. The molecule has 2 aromatic rings. The average Bonchev–Trinajstić information content (AvgIpc) is 3.13. The number of amides is 1. The predicted molar refractivity (Wildman–Crippen MR) is 104 cm³/mol. The molecule has 150 valence electrons. The highest BCUT2D eigenvalue weighted by atomic mass is 16.6. The molecule has 0 aromatic carbocycles. The standard InChI is InChI=1S/C20H25N3O5/c1-6-7-8-11-23(19(25)28-20(2,3)4)16-12-14(9-10-21-16)17-22-15(13-27-17)18(24)26-5/h6,9-10,12-13H,1,7-8,11H2,2-5H3. The minimum absolute atomic E-state index is 0.0610. The number of carbonyl (C=O) groups excluding carboxylic acids is 2. The van der Waals surface area contributed by atoms with Crippen LogP contribution in [0.2, 0.25) is 0 Å². The lowest BCUT2D eigenvalue weighted by Crippen LogP contribution is -2.38. The Labute approximate surface area is 164 Å². The van der Waals surface area contributed by atoms with Crippen molar-refractivity contribution in [1.82, 2.24) is 9.97 Å². The van der Waals surface area contributed by atoms with E-state index in [1.54, 1.807) is 39.0 Å². The number of ether oxygens (including phenoxy) is 2. The van der Waals surface area contributed by atoms with E-state index in [0.717, 1.165) is 6.42 Å². The van der Waals surface area contributed by atoms with Gasteiger partial charge in [-0.3, -0.25) is 4.90 Å². The number of anilines is 1. The Morgan fingerprint density at radius 2 is 2.11 bits per heavy atom. The molecule has 0 N–H and O–H groups in total. The topological polar surface area (TPSA) is 94.8 Å². The number of esters is 1. The highest BCUT2D eigenvalue weighted by Gasteiger charge is 2.24. The number of aromatic nitrogens is 2. The zero-order chi connectivity index (χ0) is 20.7. The fourth-order valence-electron chi connectivity index (χ4n) is 2.31. The van der Waals surface area contributed by atoms with Crippen LogP contribution in [0, 0.1) is 0 Å². The molecular formula is C20H25N3O5. The zero-order valence-electron chi connectivity index (χ0n) is 16.6. The summed E-state index contributed by atoms with van der Waals surface area (Å²) in [5.74, 6) is 0.0250. The lowest BCUT2D eigenvalue weighted by atomic mass is 10.2. The molecular weight excluding hydrogens is 362 g/mol. The Morgan fingerprint density at radius 3 is 2.75 bits per heavy atom. The summed E-state index contributed by atoms with van der Waals surface area (Å²) in [6.07, 6.45) is 5.51. The number of hydrogen-bond donors (Lipinski definition) is 0. The number of carbonyl (C=O) groups is 2. The van der Waals surface area contributed by atoms with Gasteiger partial charge in [0.1, 0.15) is 17.7 Å². The molecule has 0 aliphatic carbocycles. The fraction of sp³-hybridized carbons (Fsp3) is 0.400. The van der Waals surface area contributed by atoms with Crippen molar-refractivity contribution in [2.75, 3.05) is 18.6 Å². The van der Waals surface area contributed by atoms with Crippen molar-refractivity contribution in [3.05, 3.63) is 42.9 Å². The number of nitrogens with zero attached hydrogens (tertiary/aromatic N) is 3. The van der Waals surface area contributed by atoms with Crippen molar-refractivity contribution in [2.24, 2.45) is 0 Å². The summed E-state index contributed by atoms with van der Waals surface area (Å²) in [6, 6.07) is 3.33. The molecule has 2 rings (SSSR count). The van der Waals surface area contributed by atoms with Gasteiger partial charge in [-0.2, -0.15) is 0 Å². The molecule has 0 saturated carbocycles. The molecule has 2 heterocycles. The highest BCUT2D eigenvalue weighted by Crippen LogP contribution is 2.24. The van der Waals surface area contributed by atoms with Crippen LogP contribution in [-0.2, 0) is 9.47 Å². The van der Waals surface area contributed by atoms with Gasteiger partial charge in [-0.05, 0) is 45.7 Å². The molecule has 0 atom stereocenters. The second-order valence-electron chi connectivity index (χ2n) is 7.00. The molecule has 8 heteroatoms. The van der Waals surface area contributed by atoms with Gasteiger partial charge in [0, 0.05) is 18.3 Å². The first kappa shape index (κ1) is 21.1. The number of pyridine rings is 1. The van der Waals surface area contributed by atoms with E-state index in [1.807, 2.05) is 0 Å². The molecule has 8 nitrogen and oxygen atoms in total.